The lowest BCUT2D eigenvalue weighted by Crippen LogP contribution is -2.55. The van der Waals surface area contributed by atoms with Gasteiger partial charge in [0.15, 0.2) is 0 Å². The predicted octanol–water partition coefficient (Wildman–Crippen LogP) is 2.24. The van der Waals surface area contributed by atoms with E-state index < -0.39 is 11.5 Å². The van der Waals surface area contributed by atoms with E-state index in [4.69, 9.17) is 4.74 Å². The minimum atomic E-state index is -1.03. The molecular weight excluding hydrogens is 258 g/mol. The van der Waals surface area contributed by atoms with Gasteiger partial charge in [0.2, 0.25) is 5.91 Å². The Kier molecular flexibility index (Phi) is 5.02. The quantitative estimate of drug-likeness (QED) is 0.811. The molecule has 1 aliphatic carbocycles. The molecule has 2 aliphatic rings. The SMILES string of the molecule is CC1CCC(CCC(=O)NC2(C(=O)O)CCCCC2)O1. The van der Waals surface area contributed by atoms with Crippen LogP contribution in [0.3, 0.4) is 0 Å². The summed E-state index contributed by atoms with van der Waals surface area (Å²) >= 11 is 0. The van der Waals surface area contributed by atoms with E-state index in [0.29, 0.717) is 25.7 Å². The van der Waals surface area contributed by atoms with E-state index in [-0.39, 0.29) is 18.1 Å². The number of nitrogens with one attached hydrogen (secondary N) is 1. The van der Waals surface area contributed by atoms with E-state index >= 15 is 0 Å². The highest BCUT2D eigenvalue weighted by Crippen LogP contribution is 2.29. The van der Waals surface area contributed by atoms with E-state index in [1.165, 1.54) is 0 Å². The van der Waals surface area contributed by atoms with Crippen LogP contribution in [0.4, 0.5) is 0 Å². The second-order valence-corrected chi connectivity index (χ2v) is 6.18. The van der Waals surface area contributed by atoms with Crippen molar-refractivity contribution in [3.8, 4) is 0 Å². The number of ether oxygens (including phenoxy) is 1. The molecule has 114 valence electrons. The maximum absolute atomic E-state index is 12.0. The van der Waals surface area contributed by atoms with Gasteiger partial charge in [-0.25, -0.2) is 4.79 Å². The lowest BCUT2D eigenvalue weighted by Gasteiger charge is -2.34. The molecule has 20 heavy (non-hydrogen) atoms. The van der Waals surface area contributed by atoms with Crippen molar-refractivity contribution in [1.82, 2.24) is 5.32 Å². The molecule has 5 heteroatoms. The van der Waals surface area contributed by atoms with Crippen molar-refractivity contribution in [2.75, 3.05) is 0 Å². The van der Waals surface area contributed by atoms with Crippen molar-refractivity contribution >= 4 is 11.9 Å². The van der Waals surface area contributed by atoms with E-state index in [1.807, 2.05) is 6.92 Å². The summed E-state index contributed by atoms with van der Waals surface area (Å²) in [6, 6.07) is 0. The Balaban J connectivity index is 1.81. The highest BCUT2D eigenvalue weighted by atomic mass is 16.5. The fourth-order valence-corrected chi connectivity index (χ4v) is 3.27. The molecule has 2 unspecified atom stereocenters. The monoisotopic (exact) mass is 283 g/mol. The zero-order valence-corrected chi connectivity index (χ0v) is 12.2. The summed E-state index contributed by atoms with van der Waals surface area (Å²) in [7, 11) is 0. The van der Waals surface area contributed by atoms with E-state index in [0.717, 1.165) is 32.1 Å². The Labute approximate surface area is 120 Å². The Bertz CT molecular complexity index is 363. The molecule has 2 rings (SSSR count). The summed E-state index contributed by atoms with van der Waals surface area (Å²) in [6.07, 6.45) is 7.41. The normalized spacial score (nSPS) is 29.1. The number of rotatable bonds is 5. The molecule has 1 heterocycles. The Morgan fingerprint density at radius 3 is 2.50 bits per heavy atom. The molecule has 2 fully saturated rings. The molecule has 0 radical (unpaired) electrons. The minimum Gasteiger partial charge on any atom is -0.480 e. The molecule has 1 saturated heterocycles. The third-order valence-electron chi connectivity index (χ3n) is 4.51. The lowest BCUT2D eigenvalue weighted by atomic mass is 9.81. The molecule has 0 spiro atoms. The Morgan fingerprint density at radius 2 is 1.95 bits per heavy atom. The van der Waals surface area contributed by atoms with E-state index in [2.05, 4.69) is 5.32 Å². The van der Waals surface area contributed by atoms with Crippen LogP contribution in [0.15, 0.2) is 0 Å². The number of hydrogen-bond acceptors (Lipinski definition) is 3. The largest absolute Gasteiger partial charge is 0.480 e. The number of carboxylic acid groups (broad SMARTS) is 1. The van der Waals surface area contributed by atoms with Crippen LogP contribution >= 0.6 is 0 Å². The molecule has 0 aromatic heterocycles. The summed E-state index contributed by atoms with van der Waals surface area (Å²) in [5.41, 5.74) is -1.03. The molecule has 0 aromatic carbocycles. The van der Waals surface area contributed by atoms with Crippen LogP contribution in [0.2, 0.25) is 0 Å². The second kappa shape index (κ2) is 6.57. The zero-order valence-electron chi connectivity index (χ0n) is 12.2. The molecule has 1 saturated carbocycles. The molecule has 5 nitrogen and oxygen atoms in total. The van der Waals surface area contributed by atoms with Crippen molar-refractivity contribution in [3.63, 3.8) is 0 Å². The van der Waals surface area contributed by atoms with Gasteiger partial charge in [0.05, 0.1) is 12.2 Å². The van der Waals surface area contributed by atoms with E-state index in [1.54, 1.807) is 0 Å². The topological polar surface area (TPSA) is 75.6 Å². The number of carboxylic acids is 1. The van der Waals surface area contributed by atoms with Gasteiger partial charge in [0.25, 0.3) is 0 Å². The van der Waals surface area contributed by atoms with Crippen LogP contribution in [-0.2, 0) is 14.3 Å². The van der Waals surface area contributed by atoms with Crippen molar-refractivity contribution in [2.45, 2.75) is 82.5 Å². The van der Waals surface area contributed by atoms with Gasteiger partial charge in [-0.15, -0.1) is 0 Å². The van der Waals surface area contributed by atoms with Crippen LogP contribution in [0.25, 0.3) is 0 Å². The molecule has 2 N–H and O–H groups in total. The molecule has 0 bridgehead atoms. The van der Waals surface area contributed by atoms with Crippen LogP contribution in [0.1, 0.15) is 64.7 Å². The van der Waals surface area contributed by atoms with Crippen molar-refractivity contribution < 1.29 is 19.4 Å². The number of aliphatic carboxylic acids is 1. The number of carbonyl (C=O) groups is 2. The highest BCUT2D eigenvalue weighted by molar-refractivity contribution is 5.87. The second-order valence-electron chi connectivity index (χ2n) is 6.18. The third-order valence-corrected chi connectivity index (χ3v) is 4.51. The minimum absolute atomic E-state index is 0.155. The Morgan fingerprint density at radius 1 is 1.25 bits per heavy atom. The zero-order chi connectivity index (χ0) is 14.6. The summed E-state index contributed by atoms with van der Waals surface area (Å²) in [5.74, 6) is -1.05. The lowest BCUT2D eigenvalue weighted by molar-refractivity contribution is -0.149. The molecule has 1 amide bonds. The van der Waals surface area contributed by atoms with Gasteiger partial charge in [0, 0.05) is 6.42 Å². The van der Waals surface area contributed by atoms with Crippen molar-refractivity contribution in [2.24, 2.45) is 0 Å². The molecule has 0 aromatic rings. The molecule has 2 atom stereocenters. The smallest absolute Gasteiger partial charge is 0.329 e. The Hall–Kier alpha value is -1.10. The average Bonchev–Trinajstić information content (AvgIpc) is 2.83. The van der Waals surface area contributed by atoms with Gasteiger partial charge >= 0.3 is 5.97 Å². The first-order valence-corrected chi connectivity index (χ1v) is 7.72. The number of hydrogen-bond donors (Lipinski definition) is 2. The highest BCUT2D eigenvalue weighted by Gasteiger charge is 2.40. The van der Waals surface area contributed by atoms with Gasteiger partial charge in [0.1, 0.15) is 5.54 Å². The van der Waals surface area contributed by atoms with Gasteiger partial charge in [-0.1, -0.05) is 19.3 Å². The molecule has 1 aliphatic heterocycles. The average molecular weight is 283 g/mol. The summed E-state index contributed by atoms with van der Waals surface area (Å²) < 4.78 is 5.68. The van der Waals surface area contributed by atoms with Gasteiger partial charge in [-0.3, -0.25) is 4.79 Å². The van der Waals surface area contributed by atoms with Crippen LogP contribution in [0.5, 0.6) is 0 Å². The van der Waals surface area contributed by atoms with Crippen molar-refractivity contribution in [1.29, 1.82) is 0 Å². The summed E-state index contributed by atoms with van der Waals surface area (Å²) in [5, 5.41) is 12.2. The first-order chi connectivity index (χ1) is 9.52. The van der Waals surface area contributed by atoms with Crippen LogP contribution in [0, 0.1) is 0 Å². The summed E-state index contributed by atoms with van der Waals surface area (Å²) in [6.45, 7) is 2.04. The van der Waals surface area contributed by atoms with E-state index in [9.17, 15) is 14.7 Å². The fourth-order valence-electron chi connectivity index (χ4n) is 3.27. The number of carbonyl (C=O) groups excluding carboxylic acids is 1. The maximum Gasteiger partial charge on any atom is 0.329 e. The van der Waals surface area contributed by atoms with Crippen LogP contribution < -0.4 is 5.32 Å². The van der Waals surface area contributed by atoms with Crippen molar-refractivity contribution in [3.05, 3.63) is 0 Å². The third kappa shape index (κ3) is 3.72. The predicted molar refractivity (Wildman–Crippen MR) is 74.4 cm³/mol. The first-order valence-electron chi connectivity index (χ1n) is 7.72. The molecular formula is C15H25NO4. The van der Waals surface area contributed by atoms with Gasteiger partial charge in [-0.05, 0) is 39.0 Å². The fraction of sp³-hybridized carbons (Fsp3) is 0.867. The summed E-state index contributed by atoms with van der Waals surface area (Å²) in [4.78, 5) is 23.5. The van der Waals surface area contributed by atoms with Gasteiger partial charge < -0.3 is 15.2 Å². The first kappa shape index (κ1) is 15.3. The van der Waals surface area contributed by atoms with Gasteiger partial charge in [-0.2, -0.15) is 0 Å². The number of amides is 1. The standard InChI is InChI=1S/C15H25NO4/c1-11-5-6-12(20-11)7-8-13(17)16-15(14(18)19)9-3-2-4-10-15/h11-12H,2-10H2,1H3,(H,16,17)(H,18,19). The maximum atomic E-state index is 12.0. The van der Waals surface area contributed by atoms with Crippen LogP contribution in [-0.4, -0.2) is 34.7 Å².